The molecule has 1 amide bonds. The quantitative estimate of drug-likeness (QED) is 0.470. The van der Waals surface area contributed by atoms with E-state index < -0.39 is 5.97 Å². The molecule has 0 bridgehead atoms. The highest BCUT2D eigenvalue weighted by Crippen LogP contribution is 2.24. The summed E-state index contributed by atoms with van der Waals surface area (Å²) in [5, 5.41) is 12.7. The van der Waals surface area contributed by atoms with Gasteiger partial charge < -0.3 is 14.5 Å². The summed E-state index contributed by atoms with van der Waals surface area (Å²) in [4.78, 5) is 29.5. The Bertz CT molecular complexity index is 1170. The number of esters is 1. The lowest BCUT2D eigenvalue weighted by atomic mass is 10.1. The minimum absolute atomic E-state index is 0.0770. The maximum Gasteiger partial charge on any atom is 0.342 e. The molecule has 0 saturated carbocycles. The molecule has 3 aromatic rings. The molecule has 1 aliphatic rings. The van der Waals surface area contributed by atoms with Crippen LogP contribution in [0.4, 0.5) is 0 Å². The Morgan fingerprint density at radius 2 is 2.00 bits per heavy atom. The molecule has 4 rings (SSSR count). The van der Waals surface area contributed by atoms with Gasteiger partial charge in [0.25, 0.3) is 5.91 Å². The zero-order valence-corrected chi connectivity index (χ0v) is 20.1. The fourth-order valence-electron chi connectivity index (χ4n) is 4.40. The van der Waals surface area contributed by atoms with Crippen molar-refractivity contribution in [3.8, 4) is 11.4 Å². The maximum atomic E-state index is 13.2. The molecule has 1 atom stereocenters. The lowest BCUT2D eigenvalue weighted by molar-refractivity contribution is 0.0527. The highest BCUT2D eigenvalue weighted by molar-refractivity contribution is 5.96. The van der Waals surface area contributed by atoms with Crippen LogP contribution in [0.2, 0.25) is 0 Å². The fourth-order valence-corrected chi connectivity index (χ4v) is 4.40. The topological polar surface area (TPSA) is 98.4 Å². The third-order valence-corrected chi connectivity index (χ3v) is 5.97. The highest BCUT2D eigenvalue weighted by Gasteiger charge is 2.29. The number of hydrogen-bond acceptors (Lipinski definition) is 7. The summed E-state index contributed by atoms with van der Waals surface area (Å²) in [6.45, 7) is 4.81. The predicted molar refractivity (Wildman–Crippen MR) is 126 cm³/mol. The van der Waals surface area contributed by atoms with Crippen LogP contribution in [-0.2, 0) is 24.9 Å². The minimum Gasteiger partial charge on any atom is -0.462 e. The van der Waals surface area contributed by atoms with E-state index in [1.54, 1.807) is 23.3 Å². The molecule has 10 heteroatoms. The smallest absolute Gasteiger partial charge is 0.342 e. The standard InChI is InChI=1S/C24H31N7O3/c1-5-34-24(33)20-12-25-29(4)22(20)21-16-31(27-26-21)14-17-10-11-30(13-17)23(32)19-9-7-6-8-18(19)15-28(2)3/h6-9,12,16-17H,5,10-11,13-15H2,1-4H3. The van der Waals surface area contributed by atoms with Gasteiger partial charge in [-0.05, 0) is 45.0 Å². The highest BCUT2D eigenvalue weighted by atomic mass is 16.5. The number of nitrogens with zero attached hydrogens (tertiary/aromatic N) is 7. The Labute approximate surface area is 199 Å². The lowest BCUT2D eigenvalue weighted by Crippen LogP contribution is -2.30. The molecule has 1 aliphatic heterocycles. The summed E-state index contributed by atoms with van der Waals surface area (Å²) in [6.07, 6.45) is 4.20. The molecular formula is C24H31N7O3. The van der Waals surface area contributed by atoms with Crippen LogP contribution in [0.3, 0.4) is 0 Å². The van der Waals surface area contributed by atoms with Crippen molar-refractivity contribution >= 4 is 11.9 Å². The van der Waals surface area contributed by atoms with Crippen LogP contribution in [0, 0.1) is 5.92 Å². The van der Waals surface area contributed by atoms with Gasteiger partial charge >= 0.3 is 5.97 Å². The molecule has 1 fully saturated rings. The Kier molecular flexibility index (Phi) is 7.06. The molecule has 0 spiro atoms. The van der Waals surface area contributed by atoms with Crippen molar-refractivity contribution in [1.82, 2.24) is 34.6 Å². The molecule has 0 N–H and O–H groups in total. The van der Waals surface area contributed by atoms with E-state index in [1.165, 1.54) is 6.20 Å². The number of benzene rings is 1. The molecule has 1 saturated heterocycles. The summed E-state index contributed by atoms with van der Waals surface area (Å²) in [5.41, 5.74) is 3.31. The molecule has 2 aromatic heterocycles. The number of likely N-dealkylation sites (tertiary alicyclic amines) is 1. The van der Waals surface area contributed by atoms with Gasteiger partial charge in [-0.3, -0.25) is 14.2 Å². The third-order valence-electron chi connectivity index (χ3n) is 5.97. The summed E-state index contributed by atoms with van der Waals surface area (Å²) in [6, 6.07) is 7.81. The average molecular weight is 466 g/mol. The number of carbonyl (C=O) groups excluding carboxylic acids is 2. The first kappa shape index (κ1) is 23.6. The van der Waals surface area contributed by atoms with Gasteiger partial charge in [0.1, 0.15) is 17.0 Å². The molecular weight excluding hydrogens is 434 g/mol. The molecule has 3 heterocycles. The third kappa shape index (κ3) is 5.01. The molecule has 1 unspecified atom stereocenters. The van der Waals surface area contributed by atoms with E-state index in [4.69, 9.17) is 4.74 Å². The molecule has 1 aromatic carbocycles. The van der Waals surface area contributed by atoms with Crippen LogP contribution in [-0.4, -0.2) is 80.2 Å². The molecule has 10 nitrogen and oxygen atoms in total. The number of ether oxygens (including phenoxy) is 1. The largest absolute Gasteiger partial charge is 0.462 e. The first-order chi connectivity index (χ1) is 16.4. The van der Waals surface area contributed by atoms with Gasteiger partial charge in [0.05, 0.1) is 19.0 Å². The van der Waals surface area contributed by atoms with Crippen LogP contribution in [0.15, 0.2) is 36.7 Å². The normalized spacial score (nSPS) is 15.8. The van der Waals surface area contributed by atoms with E-state index in [-0.39, 0.29) is 18.4 Å². The monoisotopic (exact) mass is 465 g/mol. The molecule has 34 heavy (non-hydrogen) atoms. The van der Waals surface area contributed by atoms with E-state index in [0.717, 1.165) is 30.6 Å². The maximum absolute atomic E-state index is 13.2. The van der Waals surface area contributed by atoms with Crippen molar-refractivity contribution in [2.45, 2.75) is 26.4 Å². The van der Waals surface area contributed by atoms with Crippen molar-refractivity contribution in [1.29, 1.82) is 0 Å². The van der Waals surface area contributed by atoms with Crippen molar-refractivity contribution in [3.63, 3.8) is 0 Å². The average Bonchev–Trinajstić information content (AvgIpc) is 3.54. The van der Waals surface area contributed by atoms with Crippen LogP contribution >= 0.6 is 0 Å². The van der Waals surface area contributed by atoms with E-state index >= 15 is 0 Å². The van der Waals surface area contributed by atoms with Gasteiger partial charge in [0, 0.05) is 38.8 Å². The number of hydrogen-bond donors (Lipinski definition) is 0. The molecule has 0 aliphatic carbocycles. The van der Waals surface area contributed by atoms with Crippen LogP contribution in [0.5, 0.6) is 0 Å². The number of aryl methyl sites for hydroxylation is 1. The fraction of sp³-hybridized carbons (Fsp3) is 0.458. The Morgan fingerprint density at radius 3 is 2.76 bits per heavy atom. The number of rotatable bonds is 8. The van der Waals surface area contributed by atoms with Crippen LogP contribution in [0.25, 0.3) is 11.4 Å². The summed E-state index contributed by atoms with van der Waals surface area (Å²) in [5.74, 6) is -0.0802. The van der Waals surface area contributed by atoms with Crippen LogP contribution in [0.1, 0.15) is 39.6 Å². The summed E-state index contributed by atoms with van der Waals surface area (Å²) < 4.78 is 8.50. The first-order valence-electron chi connectivity index (χ1n) is 11.5. The van der Waals surface area contributed by atoms with Crippen molar-refractivity contribution < 1.29 is 14.3 Å². The molecule has 180 valence electrons. The zero-order valence-electron chi connectivity index (χ0n) is 20.1. The van der Waals surface area contributed by atoms with Crippen LogP contribution < -0.4 is 0 Å². The summed E-state index contributed by atoms with van der Waals surface area (Å²) >= 11 is 0. The Balaban J connectivity index is 1.43. The lowest BCUT2D eigenvalue weighted by Gasteiger charge is -2.20. The second-order valence-corrected chi connectivity index (χ2v) is 8.88. The van der Waals surface area contributed by atoms with Crippen molar-refractivity contribution in [2.75, 3.05) is 33.8 Å². The first-order valence-corrected chi connectivity index (χ1v) is 11.5. The Morgan fingerprint density at radius 1 is 1.21 bits per heavy atom. The number of aromatic nitrogens is 5. The Hall–Kier alpha value is -3.53. The summed E-state index contributed by atoms with van der Waals surface area (Å²) in [7, 11) is 5.76. The van der Waals surface area contributed by atoms with Crippen molar-refractivity contribution in [3.05, 3.63) is 53.3 Å². The van der Waals surface area contributed by atoms with Gasteiger partial charge in [0.2, 0.25) is 0 Å². The number of amides is 1. The van der Waals surface area contributed by atoms with E-state index in [0.29, 0.717) is 30.0 Å². The second kappa shape index (κ2) is 10.2. The van der Waals surface area contributed by atoms with Gasteiger partial charge in [0.15, 0.2) is 0 Å². The predicted octanol–water partition coefficient (Wildman–Crippen LogP) is 2.08. The van der Waals surface area contributed by atoms with Gasteiger partial charge in [-0.2, -0.15) is 5.10 Å². The van der Waals surface area contributed by atoms with E-state index in [2.05, 4.69) is 20.3 Å². The SMILES string of the molecule is CCOC(=O)c1cnn(C)c1-c1cn(CC2CCN(C(=O)c3ccccc3CN(C)C)C2)nn1. The molecule has 0 radical (unpaired) electrons. The van der Waals surface area contributed by atoms with Gasteiger partial charge in [-0.15, -0.1) is 5.10 Å². The van der Waals surface area contributed by atoms with E-state index in [9.17, 15) is 9.59 Å². The van der Waals surface area contributed by atoms with Gasteiger partial charge in [-0.25, -0.2) is 4.79 Å². The van der Waals surface area contributed by atoms with Gasteiger partial charge in [-0.1, -0.05) is 23.4 Å². The second-order valence-electron chi connectivity index (χ2n) is 8.88. The number of carbonyl (C=O) groups is 2. The van der Waals surface area contributed by atoms with E-state index in [1.807, 2.05) is 49.5 Å². The zero-order chi connectivity index (χ0) is 24.2. The minimum atomic E-state index is -0.431. The van der Waals surface area contributed by atoms with Crippen molar-refractivity contribution in [2.24, 2.45) is 13.0 Å².